The number of nitrogens with two attached hydrogens (primary N) is 1. The number of rotatable bonds is 3. The number of aryl methyl sites for hydroxylation is 1. The Morgan fingerprint density at radius 3 is 2.93 bits per heavy atom. The molecule has 2 N–H and O–H groups in total. The molecule has 0 spiro atoms. The third kappa shape index (κ3) is 2.00. The second kappa shape index (κ2) is 4.23. The van der Waals surface area contributed by atoms with E-state index in [0.29, 0.717) is 0 Å². The molecule has 1 unspecified atom stereocenters. The van der Waals surface area contributed by atoms with Gasteiger partial charge in [0.15, 0.2) is 0 Å². The number of hydrogen-bond acceptors (Lipinski definition) is 2. The van der Waals surface area contributed by atoms with Crippen LogP contribution in [0.1, 0.15) is 25.0 Å². The van der Waals surface area contributed by atoms with Gasteiger partial charge in [-0.2, -0.15) is 0 Å². The summed E-state index contributed by atoms with van der Waals surface area (Å²) in [6, 6.07) is 6.90. The van der Waals surface area contributed by atoms with Crippen LogP contribution in [0.15, 0.2) is 18.2 Å². The Morgan fingerprint density at radius 2 is 2.27 bits per heavy atom. The summed E-state index contributed by atoms with van der Waals surface area (Å²) in [6.07, 6.45) is 2.29. The van der Waals surface area contributed by atoms with Gasteiger partial charge in [-0.1, -0.05) is 25.1 Å². The smallest absolute Gasteiger partial charge is 0.0432 e. The monoisotopic (exact) mass is 204 g/mol. The maximum absolute atomic E-state index is 5.88. The van der Waals surface area contributed by atoms with Crippen LogP contribution in [0.3, 0.4) is 0 Å². The van der Waals surface area contributed by atoms with E-state index in [4.69, 9.17) is 5.73 Å². The van der Waals surface area contributed by atoms with Gasteiger partial charge >= 0.3 is 0 Å². The molecule has 0 aromatic heterocycles. The average Bonchev–Trinajstić information content (AvgIpc) is 2.61. The second-order valence-electron chi connectivity index (χ2n) is 4.45. The van der Waals surface area contributed by atoms with E-state index in [1.54, 1.807) is 0 Å². The summed E-state index contributed by atoms with van der Waals surface area (Å²) in [4.78, 5) is 2.44. The van der Waals surface area contributed by atoms with Crippen LogP contribution < -0.4 is 10.6 Å². The minimum Gasteiger partial charge on any atom is -0.369 e. The first-order valence-electron chi connectivity index (χ1n) is 5.83. The van der Waals surface area contributed by atoms with Crippen molar-refractivity contribution in [2.75, 3.05) is 18.0 Å². The highest BCUT2D eigenvalue weighted by Crippen LogP contribution is 2.31. The number of anilines is 1. The van der Waals surface area contributed by atoms with Gasteiger partial charge in [0.05, 0.1) is 0 Å². The summed E-state index contributed by atoms with van der Waals surface area (Å²) in [6.45, 7) is 6.41. The lowest BCUT2D eigenvalue weighted by atomic mass is 10.1. The minimum atomic E-state index is 0.251. The fourth-order valence-electron chi connectivity index (χ4n) is 2.44. The zero-order chi connectivity index (χ0) is 10.8. The van der Waals surface area contributed by atoms with Gasteiger partial charge in [-0.25, -0.2) is 0 Å². The molecule has 0 amide bonds. The van der Waals surface area contributed by atoms with E-state index >= 15 is 0 Å². The van der Waals surface area contributed by atoms with Crippen LogP contribution in [-0.4, -0.2) is 19.1 Å². The van der Waals surface area contributed by atoms with Gasteiger partial charge in [0, 0.05) is 24.8 Å². The van der Waals surface area contributed by atoms with Crippen LogP contribution in [0.4, 0.5) is 5.69 Å². The molecule has 82 valence electrons. The number of para-hydroxylation sites is 1. The standard InChI is InChI=1S/C13H20N2/c1-3-11-5-4-6-12-7-8-15(13(11)12)9-10(2)14/h4-6,10H,3,7-9,14H2,1-2H3. The van der Waals surface area contributed by atoms with Crippen LogP contribution >= 0.6 is 0 Å². The van der Waals surface area contributed by atoms with Gasteiger partial charge < -0.3 is 10.6 Å². The van der Waals surface area contributed by atoms with Gasteiger partial charge in [0.1, 0.15) is 0 Å². The fourth-order valence-corrected chi connectivity index (χ4v) is 2.44. The molecule has 0 fully saturated rings. The van der Waals surface area contributed by atoms with E-state index in [1.807, 2.05) is 0 Å². The predicted octanol–water partition coefficient (Wildman–Crippen LogP) is 1.96. The van der Waals surface area contributed by atoms with Crippen molar-refractivity contribution < 1.29 is 0 Å². The molecule has 0 bridgehead atoms. The summed E-state index contributed by atoms with van der Waals surface area (Å²) in [5, 5.41) is 0. The van der Waals surface area contributed by atoms with Crippen LogP contribution in [0, 0.1) is 0 Å². The molecule has 2 heteroatoms. The first kappa shape index (κ1) is 10.5. The number of hydrogen-bond donors (Lipinski definition) is 1. The number of benzene rings is 1. The van der Waals surface area contributed by atoms with Crippen molar-refractivity contribution in [3.05, 3.63) is 29.3 Å². The molecular formula is C13H20N2. The summed E-state index contributed by atoms with van der Waals surface area (Å²) in [5.74, 6) is 0. The lowest BCUT2D eigenvalue weighted by Crippen LogP contribution is -2.34. The Balaban J connectivity index is 2.31. The number of fused-ring (bicyclic) bond motifs is 1. The zero-order valence-corrected chi connectivity index (χ0v) is 9.66. The second-order valence-corrected chi connectivity index (χ2v) is 4.45. The Hall–Kier alpha value is -1.02. The molecule has 0 radical (unpaired) electrons. The molecule has 15 heavy (non-hydrogen) atoms. The van der Waals surface area contributed by atoms with Crippen molar-refractivity contribution in [3.63, 3.8) is 0 Å². The van der Waals surface area contributed by atoms with Crippen LogP contribution in [0.2, 0.25) is 0 Å². The van der Waals surface area contributed by atoms with E-state index in [2.05, 4.69) is 36.9 Å². The summed E-state index contributed by atoms with van der Waals surface area (Å²) < 4.78 is 0. The van der Waals surface area contributed by atoms with E-state index in [0.717, 1.165) is 19.5 Å². The van der Waals surface area contributed by atoms with Crippen molar-refractivity contribution in [2.45, 2.75) is 32.7 Å². The van der Waals surface area contributed by atoms with Gasteiger partial charge in [-0.05, 0) is 30.9 Å². The Morgan fingerprint density at radius 1 is 1.47 bits per heavy atom. The molecule has 2 nitrogen and oxygen atoms in total. The molecule has 1 atom stereocenters. The average molecular weight is 204 g/mol. The lowest BCUT2D eigenvalue weighted by Gasteiger charge is -2.23. The molecule has 1 aliphatic heterocycles. The number of nitrogens with zero attached hydrogens (tertiary/aromatic N) is 1. The zero-order valence-electron chi connectivity index (χ0n) is 9.66. The summed E-state index contributed by atoms with van der Waals surface area (Å²) in [7, 11) is 0. The van der Waals surface area contributed by atoms with E-state index in [9.17, 15) is 0 Å². The molecule has 0 saturated heterocycles. The first-order chi connectivity index (χ1) is 7.22. The van der Waals surface area contributed by atoms with Crippen LogP contribution in [-0.2, 0) is 12.8 Å². The summed E-state index contributed by atoms with van der Waals surface area (Å²) >= 11 is 0. The van der Waals surface area contributed by atoms with Gasteiger partial charge in [0.2, 0.25) is 0 Å². The molecule has 1 aliphatic rings. The van der Waals surface area contributed by atoms with E-state index in [-0.39, 0.29) is 6.04 Å². The maximum atomic E-state index is 5.88. The largest absolute Gasteiger partial charge is 0.369 e. The molecule has 2 rings (SSSR count). The Bertz CT molecular complexity index is 344. The molecule has 0 aliphatic carbocycles. The molecular weight excluding hydrogens is 184 g/mol. The maximum Gasteiger partial charge on any atom is 0.0432 e. The highest BCUT2D eigenvalue weighted by Gasteiger charge is 2.21. The lowest BCUT2D eigenvalue weighted by molar-refractivity contribution is 0.692. The Labute approximate surface area is 92.1 Å². The third-order valence-electron chi connectivity index (χ3n) is 3.06. The SMILES string of the molecule is CCc1cccc2c1N(CC(C)N)CC2. The minimum absolute atomic E-state index is 0.251. The fraction of sp³-hybridized carbons (Fsp3) is 0.538. The van der Waals surface area contributed by atoms with Crippen LogP contribution in [0.5, 0.6) is 0 Å². The molecule has 1 aromatic carbocycles. The highest BCUT2D eigenvalue weighted by atomic mass is 15.2. The normalized spacial score (nSPS) is 16.6. The van der Waals surface area contributed by atoms with Gasteiger partial charge in [-0.15, -0.1) is 0 Å². The Kier molecular flexibility index (Phi) is 2.96. The van der Waals surface area contributed by atoms with Crippen molar-refractivity contribution in [2.24, 2.45) is 5.73 Å². The molecule has 0 saturated carbocycles. The van der Waals surface area contributed by atoms with Crippen molar-refractivity contribution >= 4 is 5.69 Å². The van der Waals surface area contributed by atoms with Crippen molar-refractivity contribution in [3.8, 4) is 0 Å². The third-order valence-corrected chi connectivity index (χ3v) is 3.06. The van der Waals surface area contributed by atoms with Gasteiger partial charge in [-0.3, -0.25) is 0 Å². The van der Waals surface area contributed by atoms with Crippen molar-refractivity contribution in [1.29, 1.82) is 0 Å². The van der Waals surface area contributed by atoms with E-state index in [1.165, 1.54) is 23.2 Å². The summed E-state index contributed by atoms with van der Waals surface area (Å²) in [5.41, 5.74) is 10.3. The van der Waals surface area contributed by atoms with E-state index < -0.39 is 0 Å². The van der Waals surface area contributed by atoms with Gasteiger partial charge in [0.25, 0.3) is 0 Å². The molecule has 1 heterocycles. The van der Waals surface area contributed by atoms with Crippen LogP contribution in [0.25, 0.3) is 0 Å². The topological polar surface area (TPSA) is 29.3 Å². The predicted molar refractivity (Wildman–Crippen MR) is 65.4 cm³/mol. The highest BCUT2D eigenvalue weighted by molar-refractivity contribution is 5.63. The quantitative estimate of drug-likeness (QED) is 0.815. The van der Waals surface area contributed by atoms with Crippen molar-refractivity contribution in [1.82, 2.24) is 0 Å². The first-order valence-corrected chi connectivity index (χ1v) is 5.83. The molecule has 1 aromatic rings.